The highest BCUT2D eigenvalue weighted by atomic mass is 16.5. The van der Waals surface area contributed by atoms with Gasteiger partial charge in [0.25, 0.3) is 0 Å². The van der Waals surface area contributed by atoms with Gasteiger partial charge < -0.3 is 9.47 Å². The van der Waals surface area contributed by atoms with Gasteiger partial charge in [-0.15, -0.1) is 0 Å². The minimum Gasteiger partial charge on any atom is -0.466 e. The molecule has 0 saturated heterocycles. The summed E-state index contributed by atoms with van der Waals surface area (Å²) in [5.74, 6) is -0.206. The zero-order valence-electron chi connectivity index (χ0n) is 6.97. The van der Waals surface area contributed by atoms with Crippen molar-refractivity contribution in [2.24, 2.45) is 0 Å². The van der Waals surface area contributed by atoms with Crippen LogP contribution in [0.25, 0.3) is 0 Å². The Labute approximate surface area is 67.7 Å². The monoisotopic (exact) mass is 159 g/mol. The molecule has 0 aliphatic rings. The average Bonchev–Trinajstić information content (AvgIpc) is 2.01. The molecule has 0 aromatic rings. The summed E-state index contributed by atoms with van der Waals surface area (Å²) in [4.78, 5) is 10.7. The molecule has 0 atom stereocenters. The Kier molecular flexibility index (Phi) is 7.15. The molecule has 3 heteroatoms. The second kappa shape index (κ2) is 7.54. The Morgan fingerprint density at radius 1 is 1.45 bits per heavy atom. The van der Waals surface area contributed by atoms with E-state index in [1.54, 1.807) is 0 Å². The van der Waals surface area contributed by atoms with Gasteiger partial charge in [0.1, 0.15) is 0 Å². The van der Waals surface area contributed by atoms with Crippen molar-refractivity contribution in [3.8, 4) is 0 Å². The molecule has 0 amide bonds. The first-order valence-corrected chi connectivity index (χ1v) is 3.83. The van der Waals surface area contributed by atoms with Crippen LogP contribution in [0, 0.1) is 7.11 Å². The first-order valence-electron chi connectivity index (χ1n) is 3.83. The molecule has 0 N–H and O–H groups in total. The smallest absolute Gasteiger partial charge is 0.308 e. The maximum atomic E-state index is 10.7. The van der Waals surface area contributed by atoms with Gasteiger partial charge in [-0.25, -0.2) is 0 Å². The van der Waals surface area contributed by atoms with Gasteiger partial charge in [-0.1, -0.05) is 13.3 Å². The molecule has 0 unspecified atom stereocenters. The lowest BCUT2D eigenvalue weighted by molar-refractivity contribution is -0.144. The van der Waals surface area contributed by atoms with Crippen LogP contribution in [0.3, 0.4) is 0 Å². The lowest BCUT2D eigenvalue weighted by Crippen LogP contribution is -2.07. The van der Waals surface area contributed by atoms with E-state index in [1.165, 1.54) is 0 Å². The van der Waals surface area contributed by atoms with Crippen LogP contribution in [0.5, 0.6) is 0 Å². The number of carbonyl (C=O) groups is 1. The molecule has 65 valence electrons. The highest BCUT2D eigenvalue weighted by molar-refractivity contribution is 5.69. The van der Waals surface area contributed by atoms with Crippen LogP contribution in [-0.2, 0) is 14.3 Å². The van der Waals surface area contributed by atoms with E-state index >= 15 is 0 Å². The van der Waals surface area contributed by atoms with Gasteiger partial charge in [0.05, 0.1) is 26.7 Å². The van der Waals surface area contributed by atoms with E-state index in [2.05, 4.69) is 11.8 Å². The van der Waals surface area contributed by atoms with Gasteiger partial charge in [-0.2, -0.15) is 0 Å². The third-order valence-electron chi connectivity index (χ3n) is 1.21. The van der Waals surface area contributed by atoms with E-state index in [9.17, 15) is 4.79 Å². The standard InChI is InChI=1S/C8H15O3/c1-3-4-6-11-8(9)5-7-10-2/h2-7H2,1H3. The molecule has 0 heterocycles. The van der Waals surface area contributed by atoms with Crippen molar-refractivity contribution in [1.82, 2.24) is 0 Å². The van der Waals surface area contributed by atoms with Crippen LogP contribution < -0.4 is 0 Å². The first kappa shape index (κ1) is 10.4. The highest BCUT2D eigenvalue weighted by Gasteiger charge is 1.99. The highest BCUT2D eigenvalue weighted by Crippen LogP contribution is 1.91. The third-order valence-corrected chi connectivity index (χ3v) is 1.21. The quantitative estimate of drug-likeness (QED) is 0.435. The number of rotatable bonds is 6. The van der Waals surface area contributed by atoms with Gasteiger partial charge >= 0.3 is 5.97 Å². The van der Waals surface area contributed by atoms with Crippen molar-refractivity contribution in [2.75, 3.05) is 13.2 Å². The van der Waals surface area contributed by atoms with E-state index in [4.69, 9.17) is 4.74 Å². The summed E-state index contributed by atoms with van der Waals surface area (Å²) in [5, 5.41) is 0. The molecule has 0 rings (SSSR count). The van der Waals surface area contributed by atoms with Crippen molar-refractivity contribution < 1.29 is 14.3 Å². The molecule has 0 bridgehead atoms. The molecule has 0 aromatic carbocycles. The summed E-state index contributed by atoms with van der Waals surface area (Å²) in [6.07, 6.45) is 2.27. The second-order valence-electron chi connectivity index (χ2n) is 2.23. The molecular formula is C8H15O3. The summed E-state index contributed by atoms with van der Waals surface area (Å²) in [6.45, 7) is 2.91. The number of esters is 1. The summed E-state index contributed by atoms with van der Waals surface area (Å²) in [5.41, 5.74) is 0. The molecule has 0 spiro atoms. The summed E-state index contributed by atoms with van der Waals surface area (Å²) < 4.78 is 9.31. The SMILES string of the molecule is [CH2]OCCC(=O)OCCCC. The Balaban J connectivity index is 3.09. The predicted molar refractivity (Wildman–Crippen MR) is 41.8 cm³/mol. The van der Waals surface area contributed by atoms with Gasteiger partial charge in [-0.05, 0) is 6.42 Å². The van der Waals surface area contributed by atoms with Crippen LogP contribution >= 0.6 is 0 Å². The zero-order chi connectivity index (χ0) is 8.53. The fraction of sp³-hybridized carbons (Fsp3) is 0.750. The van der Waals surface area contributed by atoms with E-state index in [1.807, 2.05) is 6.92 Å². The molecule has 0 saturated carbocycles. The molecule has 3 nitrogen and oxygen atoms in total. The minimum absolute atomic E-state index is 0.206. The molecule has 11 heavy (non-hydrogen) atoms. The number of ether oxygens (including phenoxy) is 2. The number of carbonyl (C=O) groups excluding carboxylic acids is 1. The number of unbranched alkanes of at least 4 members (excludes halogenated alkanes) is 1. The predicted octanol–water partition coefficient (Wildman–Crippen LogP) is 1.53. The molecule has 1 radical (unpaired) electrons. The normalized spacial score (nSPS) is 9.64. The van der Waals surface area contributed by atoms with Crippen molar-refractivity contribution in [1.29, 1.82) is 0 Å². The Morgan fingerprint density at radius 2 is 2.18 bits per heavy atom. The van der Waals surface area contributed by atoms with Crippen LogP contribution in [0.2, 0.25) is 0 Å². The van der Waals surface area contributed by atoms with E-state index < -0.39 is 0 Å². The number of hydrogen-bond acceptors (Lipinski definition) is 3. The largest absolute Gasteiger partial charge is 0.466 e. The zero-order valence-corrected chi connectivity index (χ0v) is 6.97. The Hall–Kier alpha value is -0.570. The fourth-order valence-electron chi connectivity index (χ4n) is 0.558. The minimum atomic E-state index is -0.206. The van der Waals surface area contributed by atoms with Crippen molar-refractivity contribution in [3.63, 3.8) is 0 Å². The van der Waals surface area contributed by atoms with Crippen LogP contribution in [-0.4, -0.2) is 19.2 Å². The second-order valence-corrected chi connectivity index (χ2v) is 2.23. The maximum Gasteiger partial charge on any atom is 0.308 e. The van der Waals surface area contributed by atoms with Gasteiger partial charge in [-0.3, -0.25) is 4.79 Å². The van der Waals surface area contributed by atoms with Crippen LogP contribution in [0.4, 0.5) is 0 Å². The van der Waals surface area contributed by atoms with E-state index in [0.717, 1.165) is 12.8 Å². The molecule has 0 fully saturated rings. The van der Waals surface area contributed by atoms with Crippen molar-refractivity contribution in [2.45, 2.75) is 26.2 Å². The Morgan fingerprint density at radius 3 is 2.73 bits per heavy atom. The fourth-order valence-corrected chi connectivity index (χ4v) is 0.558. The van der Waals surface area contributed by atoms with Gasteiger partial charge in [0, 0.05) is 0 Å². The van der Waals surface area contributed by atoms with Gasteiger partial charge in [0.15, 0.2) is 0 Å². The molecular weight excluding hydrogens is 144 g/mol. The van der Waals surface area contributed by atoms with E-state index in [-0.39, 0.29) is 5.97 Å². The first-order chi connectivity index (χ1) is 5.31. The maximum absolute atomic E-state index is 10.7. The summed E-state index contributed by atoms with van der Waals surface area (Å²) in [7, 11) is 3.15. The topological polar surface area (TPSA) is 35.5 Å². The summed E-state index contributed by atoms with van der Waals surface area (Å²) in [6, 6.07) is 0. The van der Waals surface area contributed by atoms with Crippen molar-refractivity contribution in [3.05, 3.63) is 7.11 Å². The van der Waals surface area contributed by atoms with Crippen LogP contribution in [0.1, 0.15) is 26.2 Å². The van der Waals surface area contributed by atoms with Gasteiger partial charge in [0.2, 0.25) is 0 Å². The molecule has 0 aliphatic carbocycles. The molecule has 0 aliphatic heterocycles. The summed E-state index contributed by atoms with van der Waals surface area (Å²) >= 11 is 0. The van der Waals surface area contributed by atoms with E-state index in [0.29, 0.717) is 19.6 Å². The third kappa shape index (κ3) is 7.33. The number of hydrogen-bond donors (Lipinski definition) is 0. The lowest BCUT2D eigenvalue weighted by atomic mass is 10.4. The van der Waals surface area contributed by atoms with Crippen molar-refractivity contribution >= 4 is 5.97 Å². The Bertz CT molecular complexity index is 102. The average molecular weight is 159 g/mol. The van der Waals surface area contributed by atoms with Crippen LogP contribution in [0.15, 0.2) is 0 Å². The molecule has 0 aromatic heterocycles. The lowest BCUT2D eigenvalue weighted by Gasteiger charge is -2.01.